The summed E-state index contributed by atoms with van der Waals surface area (Å²) in [5, 5.41) is 10.7. The van der Waals surface area contributed by atoms with Crippen LogP contribution in [0.25, 0.3) is 0 Å². The Labute approximate surface area is 169 Å². The summed E-state index contributed by atoms with van der Waals surface area (Å²) in [5.74, 6) is 1.26. The number of nitrogens with zero attached hydrogens (tertiary/aromatic N) is 3. The lowest BCUT2D eigenvalue weighted by molar-refractivity contribution is -0.131. The van der Waals surface area contributed by atoms with E-state index in [1.807, 2.05) is 42.5 Å². The van der Waals surface area contributed by atoms with Gasteiger partial charge < -0.3 is 4.74 Å². The number of methoxy groups -OCH3 is 1. The van der Waals surface area contributed by atoms with Crippen LogP contribution in [0.2, 0.25) is 0 Å². The predicted molar refractivity (Wildman–Crippen MR) is 109 cm³/mol. The molecule has 1 amide bonds. The summed E-state index contributed by atoms with van der Waals surface area (Å²) < 4.78 is 5.47. The van der Waals surface area contributed by atoms with Crippen LogP contribution in [0, 0.1) is 11.3 Å². The van der Waals surface area contributed by atoms with Crippen molar-refractivity contribution in [1.29, 1.82) is 5.26 Å². The van der Waals surface area contributed by atoms with Crippen molar-refractivity contribution >= 4 is 17.7 Å². The Morgan fingerprint density at radius 2 is 1.93 bits per heavy atom. The third-order valence-electron chi connectivity index (χ3n) is 5.11. The number of hydrogen-bond donors (Lipinski definition) is 0. The van der Waals surface area contributed by atoms with E-state index in [0.29, 0.717) is 18.0 Å². The smallest absolute Gasteiger partial charge is 0.229 e. The Morgan fingerprint density at radius 3 is 2.68 bits per heavy atom. The molecule has 1 unspecified atom stereocenters. The summed E-state index contributed by atoms with van der Waals surface area (Å²) in [4.78, 5) is 17.0. The van der Waals surface area contributed by atoms with Gasteiger partial charge in [-0.05, 0) is 11.6 Å². The van der Waals surface area contributed by atoms with E-state index in [1.54, 1.807) is 23.8 Å². The van der Waals surface area contributed by atoms with Gasteiger partial charge >= 0.3 is 0 Å². The molecule has 5 nitrogen and oxygen atoms in total. The molecule has 4 rings (SSSR count). The van der Waals surface area contributed by atoms with E-state index in [0.717, 1.165) is 23.0 Å². The molecule has 0 spiro atoms. The highest BCUT2D eigenvalue weighted by Crippen LogP contribution is 2.44. The summed E-state index contributed by atoms with van der Waals surface area (Å²) in [6, 6.07) is 20.2. The van der Waals surface area contributed by atoms with Crippen molar-refractivity contribution in [3.63, 3.8) is 0 Å². The third kappa shape index (κ3) is 3.51. The SMILES string of the molecule is COc1ccccc1C1CC(=O)N2CN(Cc3ccccc3)CSC2=C1C#N. The Bertz CT molecular complexity index is 952. The van der Waals surface area contributed by atoms with E-state index in [-0.39, 0.29) is 18.2 Å². The summed E-state index contributed by atoms with van der Waals surface area (Å²) in [6.07, 6.45) is 0.284. The molecule has 2 aliphatic heterocycles. The fourth-order valence-corrected chi connectivity index (χ4v) is 4.91. The number of benzene rings is 2. The first-order valence-electron chi connectivity index (χ1n) is 9.18. The first-order chi connectivity index (χ1) is 13.7. The average molecular weight is 391 g/mol. The molecular weight excluding hydrogens is 370 g/mol. The monoisotopic (exact) mass is 391 g/mol. The summed E-state index contributed by atoms with van der Waals surface area (Å²) in [7, 11) is 1.62. The fraction of sp³-hybridized carbons (Fsp3) is 0.273. The molecule has 2 aliphatic rings. The zero-order valence-corrected chi connectivity index (χ0v) is 16.5. The summed E-state index contributed by atoms with van der Waals surface area (Å²) in [6.45, 7) is 1.29. The lowest BCUT2D eigenvalue weighted by Crippen LogP contribution is -2.46. The second-order valence-electron chi connectivity index (χ2n) is 6.88. The number of carbonyl (C=O) groups is 1. The largest absolute Gasteiger partial charge is 0.496 e. The first kappa shape index (κ1) is 18.6. The van der Waals surface area contributed by atoms with Crippen molar-refractivity contribution in [1.82, 2.24) is 9.80 Å². The number of carbonyl (C=O) groups excluding carboxylic acids is 1. The normalized spacial score (nSPS) is 19.9. The number of thioether (sulfide) groups is 1. The maximum atomic E-state index is 13.0. The molecular formula is C22H21N3O2S. The molecule has 0 radical (unpaired) electrons. The third-order valence-corrected chi connectivity index (χ3v) is 6.32. The highest BCUT2D eigenvalue weighted by molar-refractivity contribution is 8.03. The van der Waals surface area contributed by atoms with Crippen molar-refractivity contribution in [3.8, 4) is 11.8 Å². The quantitative estimate of drug-likeness (QED) is 0.791. The minimum absolute atomic E-state index is 0.0511. The van der Waals surface area contributed by atoms with Crippen LogP contribution >= 0.6 is 11.8 Å². The maximum absolute atomic E-state index is 13.0. The molecule has 1 saturated heterocycles. The highest BCUT2D eigenvalue weighted by atomic mass is 32.2. The molecule has 0 bridgehead atoms. The van der Waals surface area contributed by atoms with E-state index in [9.17, 15) is 10.1 Å². The number of ether oxygens (including phenoxy) is 1. The fourth-order valence-electron chi connectivity index (χ4n) is 3.77. The van der Waals surface area contributed by atoms with Crippen LogP contribution in [-0.2, 0) is 11.3 Å². The second kappa shape index (κ2) is 8.09. The Balaban J connectivity index is 1.62. The van der Waals surface area contributed by atoms with Crippen LogP contribution in [0.3, 0.4) is 0 Å². The molecule has 0 saturated carbocycles. The standard InChI is InChI=1S/C22H21N3O2S/c1-27-20-10-6-5-9-17(20)18-11-21(26)25-14-24(13-16-7-3-2-4-8-16)15-28-22(25)19(18)12-23/h2-10,18H,11,13-15H2,1H3. The van der Waals surface area contributed by atoms with Crippen molar-refractivity contribution < 1.29 is 9.53 Å². The van der Waals surface area contributed by atoms with Gasteiger partial charge in [0.2, 0.25) is 5.91 Å². The molecule has 0 aliphatic carbocycles. The molecule has 0 N–H and O–H groups in total. The number of nitriles is 1. The maximum Gasteiger partial charge on any atom is 0.229 e. The van der Waals surface area contributed by atoms with Crippen LogP contribution < -0.4 is 4.74 Å². The predicted octanol–water partition coefficient (Wildman–Crippen LogP) is 3.91. The molecule has 1 atom stereocenters. The van der Waals surface area contributed by atoms with Crippen LogP contribution in [0.4, 0.5) is 0 Å². The number of amides is 1. The second-order valence-corrected chi connectivity index (χ2v) is 7.81. The zero-order valence-electron chi connectivity index (χ0n) is 15.7. The van der Waals surface area contributed by atoms with Crippen molar-refractivity contribution in [3.05, 3.63) is 76.3 Å². The molecule has 2 aromatic carbocycles. The van der Waals surface area contributed by atoms with Crippen LogP contribution in [0.15, 0.2) is 65.2 Å². The van der Waals surface area contributed by atoms with Gasteiger partial charge in [-0.15, -0.1) is 0 Å². The van der Waals surface area contributed by atoms with E-state index in [4.69, 9.17) is 4.74 Å². The summed E-state index contributed by atoms with van der Waals surface area (Å²) >= 11 is 1.57. The van der Waals surface area contributed by atoms with Gasteiger partial charge in [-0.2, -0.15) is 5.26 Å². The number of allylic oxidation sites excluding steroid dienone is 1. The van der Waals surface area contributed by atoms with Gasteiger partial charge in [0.05, 0.1) is 36.3 Å². The number of fused-ring (bicyclic) bond motifs is 1. The number of rotatable bonds is 4. The zero-order chi connectivity index (χ0) is 19.5. The molecule has 6 heteroatoms. The van der Waals surface area contributed by atoms with Crippen molar-refractivity contribution in [2.45, 2.75) is 18.9 Å². The molecule has 2 heterocycles. The first-order valence-corrected chi connectivity index (χ1v) is 10.2. The lowest BCUT2D eigenvalue weighted by Gasteiger charge is -2.41. The minimum atomic E-state index is -0.256. The van der Waals surface area contributed by atoms with E-state index in [2.05, 4.69) is 23.1 Å². The van der Waals surface area contributed by atoms with Gasteiger partial charge in [-0.3, -0.25) is 14.6 Å². The van der Waals surface area contributed by atoms with Crippen LogP contribution in [0.5, 0.6) is 5.75 Å². The van der Waals surface area contributed by atoms with Crippen LogP contribution in [0.1, 0.15) is 23.5 Å². The van der Waals surface area contributed by atoms with Crippen LogP contribution in [-0.4, -0.2) is 35.4 Å². The topological polar surface area (TPSA) is 56.6 Å². The van der Waals surface area contributed by atoms with E-state index >= 15 is 0 Å². The molecule has 0 aromatic heterocycles. The minimum Gasteiger partial charge on any atom is -0.496 e. The Morgan fingerprint density at radius 1 is 1.18 bits per heavy atom. The van der Waals surface area contributed by atoms with Gasteiger partial charge in [-0.25, -0.2) is 0 Å². The van der Waals surface area contributed by atoms with Gasteiger partial charge in [-0.1, -0.05) is 60.3 Å². The molecule has 1 fully saturated rings. The number of hydrogen-bond acceptors (Lipinski definition) is 5. The molecule has 28 heavy (non-hydrogen) atoms. The lowest BCUT2D eigenvalue weighted by atomic mass is 9.86. The van der Waals surface area contributed by atoms with Gasteiger partial charge in [0.15, 0.2) is 0 Å². The van der Waals surface area contributed by atoms with Gasteiger partial charge in [0.1, 0.15) is 5.75 Å². The van der Waals surface area contributed by atoms with Gasteiger partial charge in [0.25, 0.3) is 0 Å². The molecule has 142 valence electrons. The molecule has 2 aromatic rings. The van der Waals surface area contributed by atoms with E-state index in [1.165, 1.54) is 5.56 Å². The average Bonchev–Trinajstić information content (AvgIpc) is 2.74. The Kier molecular flexibility index (Phi) is 5.38. The Hall–Kier alpha value is -2.75. The number of para-hydroxylation sites is 1. The van der Waals surface area contributed by atoms with Crippen molar-refractivity contribution in [2.24, 2.45) is 0 Å². The highest BCUT2D eigenvalue weighted by Gasteiger charge is 2.39. The van der Waals surface area contributed by atoms with E-state index < -0.39 is 0 Å². The van der Waals surface area contributed by atoms with Gasteiger partial charge in [0, 0.05) is 24.4 Å². The van der Waals surface area contributed by atoms with Crippen molar-refractivity contribution in [2.75, 3.05) is 19.7 Å². The summed E-state index contributed by atoms with van der Waals surface area (Å²) in [5.41, 5.74) is 2.77.